The number of carbonyl (C=O) groups is 2. The predicted molar refractivity (Wildman–Crippen MR) is 138 cm³/mol. The number of nitrogens with zero attached hydrogens (tertiary/aromatic N) is 2. The number of nitrogens with one attached hydrogen (secondary N) is 2. The van der Waals surface area contributed by atoms with Gasteiger partial charge in [-0.25, -0.2) is 0 Å². The number of aryl methyl sites for hydroxylation is 1. The van der Waals surface area contributed by atoms with Gasteiger partial charge in [-0.1, -0.05) is 48.3 Å². The Labute approximate surface area is 228 Å². The van der Waals surface area contributed by atoms with Gasteiger partial charge in [-0.15, -0.1) is 0 Å². The van der Waals surface area contributed by atoms with Crippen LogP contribution < -0.4 is 10.6 Å². The van der Waals surface area contributed by atoms with Crippen molar-refractivity contribution in [2.75, 3.05) is 13.1 Å². The van der Waals surface area contributed by atoms with E-state index in [4.69, 9.17) is 28.0 Å². The van der Waals surface area contributed by atoms with Crippen molar-refractivity contribution < 1.29 is 27.6 Å². The molecule has 2 aromatic carbocycles. The molecule has 0 saturated heterocycles. The summed E-state index contributed by atoms with van der Waals surface area (Å²) < 4.78 is 43.0. The molecule has 2 aromatic rings. The molecule has 0 saturated carbocycles. The summed E-state index contributed by atoms with van der Waals surface area (Å²) in [5, 5.41) is 9.30. The Morgan fingerprint density at radius 2 is 1.71 bits per heavy atom. The Morgan fingerprint density at radius 1 is 1.08 bits per heavy atom. The van der Waals surface area contributed by atoms with E-state index in [1.807, 2.05) is 19.9 Å². The summed E-state index contributed by atoms with van der Waals surface area (Å²) in [7, 11) is 0. The molecule has 204 valence electrons. The molecule has 2 aliphatic heterocycles. The van der Waals surface area contributed by atoms with Crippen LogP contribution in [-0.4, -0.2) is 41.8 Å². The van der Waals surface area contributed by atoms with Gasteiger partial charge in [0.2, 0.25) is 5.91 Å². The summed E-state index contributed by atoms with van der Waals surface area (Å²) in [5.74, 6) is -0.277. The predicted octanol–water partition coefficient (Wildman–Crippen LogP) is 5.31. The fraction of sp³-hybridized carbons (Fsp3) is 0.423. The van der Waals surface area contributed by atoms with Crippen LogP contribution in [0.5, 0.6) is 0 Å². The van der Waals surface area contributed by atoms with Crippen molar-refractivity contribution in [3.05, 3.63) is 68.2 Å². The largest absolute Gasteiger partial charge is 0.435 e. The van der Waals surface area contributed by atoms with E-state index in [1.54, 1.807) is 17.9 Å². The van der Waals surface area contributed by atoms with E-state index in [9.17, 15) is 22.8 Å². The first-order valence-electron chi connectivity index (χ1n) is 12.0. The maximum absolute atomic E-state index is 14.3. The molecule has 2 heterocycles. The Balaban J connectivity index is 1.48. The number of fused-ring (bicyclic) bond motifs is 1. The molecule has 12 heteroatoms. The first kappa shape index (κ1) is 28.0. The third-order valence-electron chi connectivity index (χ3n) is 6.50. The second-order valence-electron chi connectivity index (χ2n) is 9.93. The Hall–Kier alpha value is -2.98. The number of alkyl halides is 3. The molecule has 2 amide bonds. The zero-order valence-corrected chi connectivity index (χ0v) is 22.5. The summed E-state index contributed by atoms with van der Waals surface area (Å²) >= 11 is 12.0. The van der Waals surface area contributed by atoms with Crippen molar-refractivity contribution in [1.29, 1.82) is 0 Å². The molecule has 1 unspecified atom stereocenters. The van der Waals surface area contributed by atoms with Gasteiger partial charge in [0.25, 0.3) is 11.5 Å². The van der Waals surface area contributed by atoms with Crippen LogP contribution in [-0.2, 0) is 28.3 Å². The zero-order chi connectivity index (χ0) is 27.8. The number of benzene rings is 2. The van der Waals surface area contributed by atoms with Gasteiger partial charge in [0.15, 0.2) is 0 Å². The van der Waals surface area contributed by atoms with Gasteiger partial charge < -0.3 is 20.4 Å². The lowest BCUT2D eigenvalue weighted by atomic mass is 9.89. The van der Waals surface area contributed by atoms with Gasteiger partial charge >= 0.3 is 6.18 Å². The number of carbonyl (C=O) groups excluding carboxylic acids is 2. The third-order valence-corrected chi connectivity index (χ3v) is 6.93. The molecule has 2 N–H and O–H groups in total. The molecule has 0 spiro atoms. The Kier molecular flexibility index (Phi) is 7.86. The number of amides is 2. The first-order valence-corrected chi connectivity index (χ1v) is 12.8. The van der Waals surface area contributed by atoms with Crippen molar-refractivity contribution in [3.8, 4) is 0 Å². The maximum atomic E-state index is 14.3. The molecule has 0 bridgehead atoms. The molecule has 7 nitrogen and oxygen atoms in total. The standard InChI is InChI=1S/C26H27Cl2F3N4O3/c1-14(2)10-32-23(36)11-33-24(37)21-5-17-13-35(12-16(17)4-15(21)3)22-9-25(38-34-22,26(29,30)31)18-6-19(27)8-20(28)7-18/h4-8,14H,9-13H2,1-3H3,(H,32,36)(H,33,37). The SMILES string of the molecule is Cc1cc2c(cc1C(=O)NCC(=O)NCC(C)C)CN(C1=NOC(c3cc(Cl)cc(Cl)c3)(C(F)(F)F)C1)C2. The number of oxime groups is 1. The van der Waals surface area contributed by atoms with Crippen molar-refractivity contribution >= 4 is 40.9 Å². The lowest BCUT2D eigenvalue weighted by Crippen LogP contribution is -2.43. The first-order chi connectivity index (χ1) is 17.8. The highest BCUT2D eigenvalue weighted by atomic mass is 35.5. The smallest absolute Gasteiger partial charge is 0.372 e. The number of hydrogen-bond acceptors (Lipinski definition) is 5. The van der Waals surface area contributed by atoms with E-state index in [2.05, 4.69) is 15.8 Å². The minimum absolute atomic E-state index is 0.0560. The molecule has 2 aliphatic rings. The molecule has 38 heavy (non-hydrogen) atoms. The van der Waals surface area contributed by atoms with Gasteiger partial charge in [-0.3, -0.25) is 9.59 Å². The third kappa shape index (κ3) is 5.71. The topological polar surface area (TPSA) is 83.0 Å². The maximum Gasteiger partial charge on any atom is 0.435 e. The highest BCUT2D eigenvalue weighted by Crippen LogP contribution is 2.50. The van der Waals surface area contributed by atoms with E-state index >= 15 is 0 Å². The minimum Gasteiger partial charge on any atom is -0.372 e. The fourth-order valence-electron chi connectivity index (χ4n) is 4.48. The molecule has 0 aromatic heterocycles. The lowest BCUT2D eigenvalue weighted by molar-refractivity contribution is -0.275. The Morgan fingerprint density at radius 3 is 2.32 bits per heavy atom. The van der Waals surface area contributed by atoms with Crippen molar-refractivity contribution in [3.63, 3.8) is 0 Å². The van der Waals surface area contributed by atoms with Crippen LogP contribution >= 0.6 is 23.2 Å². The van der Waals surface area contributed by atoms with E-state index in [0.717, 1.165) is 11.1 Å². The molecule has 0 fully saturated rings. The average molecular weight is 571 g/mol. The zero-order valence-electron chi connectivity index (χ0n) is 21.0. The van der Waals surface area contributed by atoms with E-state index in [1.165, 1.54) is 18.2 Å². The molecular weight excluding hydrogens is 544 g/mol. The average Bonchev–Trinajstić information content (AvgIpc) is 3.45. The summed E-state index contributed by atoms with van der Waals surface area (Å²) in [5.41, 5.74) is -0.221. The number of rotatable bonds is 6. The monoisotopic (exact) mass is 570 g/mol. The molecule has 1 atom stereocenters. The number of hydrogen-bond donors (Lipinski definition) is 2. The van der Waals surface area contributed by atoms with Crippen molar-refractivity contribution in [1.82, 2.24) is 15.5 Å². The van der Waals surface area contributed by atoms with Crippen LogP contribution in [0.25, 0.3) is 0 Å². The summed E-state index contributed by atoms with van der Waals surface area (Å²) in [6.45, 7) is 6.61. The van der Waals surface area contributed by atoms with Crippen LogP contribution in [0, 0.1) is 12.8 Å². The van der Waals surface area contributed by atoms with E-state index < -0.39 is 24.1 Å². The van der Waals surface area contributed by atoms with Crippen LogP contribution in [0.3, 0.4) is 0 Å². The molecule has 0 radical (unpaired) electrons. The molecule has 4 rings (SSSR count). The van der Waals surface area contributed by atoms with Gasteiger partial charge in [-0.2, -0.15) is 13.2 Å². The van der Waals surface area contributed by atoms with Gasteiger partial charge in [0.05, 0.1) is 13.0 Å². The summed E-state index contributed by atoms with van der Waals surface area (Å²) in [6.07, 6.45) is -5.35. The van der Waals surface area contributed by atoms with Gasteiger partial charge in [0.1, 0.15) is 5.84 Å². The van der Waals surface area contributed by atoms with E-state index in [-0.39, 0.29) is 46.4 Å². The fourth-order valence-corrected chi connectivity index (χ4v) is 5.01. The van der Waals surface area contributed by atoms with Gasteiger partial charge in [0, 0.05) is 40.8 Å². The summed E-state index contributed by atoms with van der Waals surface area (Å²) in [4.78, 5) is 31.5. The van der Waals surface area contributed by atoms with Crippen LogP contribution in [0.2, 0.25) is 10.0 Å². The lowest BCUT2D eigenvalue weighted by Gasteiger charge is -2.30. The number of halogens is 5. The second-order valence-corrected chi connectivity index (χ2v) is 10.8. The highest BCUT2D eigenvalue weighted by molar-refractivity contribution is 6.34. The minimum atomic E-state index is -4.79. The normalized spacial score (nSPS) is 18.8. The van der Waals surface area contributed by atoms with E-state index in [0.29, 0.717) is 24.2 Å². The molecular formula is C26H27Cl2F3N4O3. The summed E-state index contributed by atoms with van der Waals surface area (Å²) in [6, 6.07) is 7.23. The van der Waals surface area contributed by atoms with Crippen LogP contribution in [0.4, 0.5) is 13.2 Å². The number of amidine groups is 1. The van der Waals surface area contributed by atoms with Crippen LogP contribution in [0.15, 0.2) is 35.5 Å². The Bertz CT molecular complexity index is 1280. The molecule has 0 aliphatic carbocycles. The van der Waals surface area contributed by atoms with Gasteiger partial charge in [-0.05, 0) is 53.8 Å². The van der Waals surface area contributed by atoms with Crippen LogP contribution in [0.1, 0.15) is 52.9 Å². The quantitative estimate of drug-likeness (QED) is 0.493. The second kappa shape index (κ2) is 10.6. The van der Waals surface area contributed by atoms with Crippen molar-refractivity contribution in [2.24, 2.45) is 11.1 Å². The highest BCUT2D eigenvalue weighted by Gasteiger charge is 2.63. The van der Waals surface area contributed by atoms with Crippen molar-refractivity contribution in [2.45, 2.75) is 52.1 Å².